The molecule has 4 unspecified atom stereocenters. The fraction of sp³-hybridized carbons (Fsp3) is 1.00. The van der Waals surface area contributed by atoms with Gasteiger partial charge in [0.2, 0.25) is 0 Å². The molecule has 1 aliphatic heterocycles. The second-order valence-electron chi connectivity index (χ2n) is 7.50. The van der Waals surface area contributed by atoms with Gasteiger partial charge in [0.15, 0.2) is 0 Å². The van der Waals surface area contributed by atoms with Crippen LogP contribution in [0.4, 0.5) is 0 Å². The lowest BCUT2D eigenvalue weighted by Crippen LogP contribution is -2.61. The Hall–Kier alpha value is -0.0800. The molecule has 1 saturated heterocycles. The quantitative estimate of drug-likeness (QED) is 0.817. The van der Waals surface area contributed by atoms with Crippen molar-refractivity contribution in [3.05, 3.63) is 0 Å². The SMILES string of the molecule is CCCC1CN(C2CCCC(CC)C2)C(C(C)C)CN1. The normalized spacial score (nSPS) is 36.5. The number of piperazine rings is 1. The summed E-state index contributed by atoms with van der Waals surface area (Å²) in [6.45, 7) is 12.0. The number of rotatable bonds is 5. The summed E-state index contributed by atoms with van der Waals surface area (Å²) < 4.78 is 0. The van der Waals surface area contributed by atoms with Crippen molar-refractivity contribution in [1.82, 2.24) is 10.2 Å². The molecule has 20 heavy (non-hydrogen) atoms. The first kappa shape index (κ1) is 16.3. The molecule has 2 fully saturated rings. The van der Waals surface area contributed by atoms with Crippen molar-refractivity contribution in [2.45, 2.75) is 90.8 Å². The number of hydrogen-bond acceptors (Lipinski definition) is 2. The Morgan fingerprint density at radius 1 is 1.20 bits per heavy atom. The molecule has 1 heterocycles. The van der Waals surface area contributed by atoms with E-state index >= 15 is 0 Å². The van der Waals surface area contributed by atoms with Crippen LogP contribution in [0.15, 0.2) is 0 Å². The lowest BCUT2D eigenvalue weighted by molar-refractivity contribution is 0.0267. The Morgan fingerprint density at radius 2 is 2.00 bits per heavy atom. The zero-order chi connectivity index (χ0) is 14.5. The van der Waals surface area contributed by atoms with Crippen LogP contribution in [0.3, 0.4) is 0 Å². The molecular formula is C18H36N2. The van der Waals surface area contributed by atoms with Crippen LogP contribution in [-0.2, 0) is 0 Å². The zero-order valence-electron chi connectivity index (χ0n) is 14.2. The van der Waals surface area contributed by atoms with Crippen LogP contribution in [0.2, 0.25) is 0 Å². The highest BCUT2D eigenvalue weighted by Crippen LogP contribution is 2.33. The fourth-order valence-electron chi connectivity index (χ4n) is 4.37. The number of hydrogen-bond donors (Lipinski definition) is 1. The Balaban J connectivity index is 2.02. The number of nitrogens with zero attached hydrogens (tertiary/aromatic N) is 1. The summed E-state index contributed by atoms with van der Waals surface area (Å²) in [6, 6.07) is 2.35. The molecule has 4 atom stereocenters. The third-order valence-electron chi connectivity index (χ3n) is 5.68. The summed E-state index contributed by atoms with van der Waals surface area (Å²) in [7, 11) is 0. The summed E-state index contributed by atoms with van der Waals surface area (Å²) in [5, 5.41) is 3.80. The standard InChI is InChI=1S/C18H36N2/c1-5-8-16-13-20(18(12-19-16)14(3)4)17-10-7-9-15(6-2)11-17/h14-19H,5-13H2,1-4H3. The highest BCUT2D eigenvalue weighted by Gasteiger charge is 2.35. The molecule has 1 N–H and O–H groups in total. The molecule has 2 rings (SSSR count). The minimum Gasteiger partial charge on any atom is -0.311 e. The first-order valence-corrected chi connectivity index (χ1v) is 9.14. The van der Waals surface area contributed by atoms with E-state index in [-0.39, 0.29) is 0 Å². The van der Waals surface area contributed by atoms with E-state index in [1.54, 1.807) is 0 Å². The summed E-state index contributed by atoms with van der Waals surface area (Å²) >= 11 is 0. The van der Waals surface area contributed by atoms with Crippen molar-refractivity contribution in [3.63, 3.8) is 0 Å². The van der Waals surface area contributed by atoms with Crippen LogP contribution in [0.5, 0.6) is 0 Å². The molecule has 2 aliphatic rings. The first-order chi connectivity index (χ1) is 9.65. The van der Waals surface area contributed by atoms with Gasteiger partial charge in [0.05, 0.1) is 0 Å². The molecule has 0 aromatic heterocycles. The van der Waals surface area contributed by atoms with E-state index in [0.29, 0.717) is 0 Å². The van der Waals surface area contributed by atoms with E-state index in [0.717, 1.165) is 30.0 Å². The first-order valence-electron chi connectivity index (χ1n) is 9.14. The van der Waals surface area contributed by atoms with Crippen LogP contribution in [0.1, 0.15) is 72.6 Å². The topological polar surface area (TPSA) is 15.3 Å². The van der Waals surface area contributed by atoms with Gasteiger partial charge < -0.3 is 5.32 Å². The molecule has 0 spiro atoms. The van der Waals surface area contributed by atoms with E-state index in [9.17, 15) is 0 Å². The van der Waals surface area contributed by atoms with Crippen LogP contribution < -0.4 is 5.32 Å². The van der Waals surface area contributed by atoms with Gasteiger partial charge in [0, 0.05) is 31.2 Å². The molecule has 118 valence electrons. The molecule has 1 aliphatic carbocycles. The van der Waals surface area contributed by atoms with Gasteiger partial charge in [-0.1, -0.05) is 53.4 Å². The van der Waals surface area contributed by atoms with E-state index in [2.05, 4.69) is 37.9 Å². The van der Waals surface area contributed by atoms with Crippen molar-refractivity contribution in [2.75, 3.05) is 13.1 Å². The average molecular weight is 280 g/mol. The zero-order valence-corrected chi connectivity index (χ0v) is 14.2. The average Bonchev–Trinajstić information content (AvgIpc) is 2.47. The van der Waals surface area contributed by atoms with Crippen molar-refractivity contribution in [2.24, 2.45) is 11.8 Å². The Kier molecular flexibility index (Phi) is 6.35. The molecular weight excluding hydrogens is 244 g/mol. The summed E-state index contributed by atoms with van der Waals surface area (Å²) in [5.74, 6) is 1.76. The lowest BCUT2D eigenvalue weighted by Gasteiger charge is -2.48. The van der Waals surface area contributed by atoms with E-state index < -0.39 is 0 Å². The predicted octanol–water partition coefficient (Wildman–Crippen LogP) is 4.05. The maximum absolute atomic E-state index is 3.80. The van der Waals surface area contributed by atoms with Crippen molar-refractivity contribution in [3.8, 4) is 0 Å². The summed E-state index contributed by atoms with van der Waals surface area (Å²) in [4.78, 5) is 2.91. The number of nitrogens with one attached hydrogen (secondary N) is 1. The monoisotopic (exact) mass is 280 g/mol. The molecule has 0 aromatic carbocycles. The molecule has 2 heteroatoms. The molecule has 0 aromatic rings. The van der Waals surface area contributed by atoms with Crippen molar-refractivity contribution < 1.29 is 0 Å². The predicted molar refractivity (Wildman–Crippen MR) is 88.1 cm³/mol. The maximum atomic E-state index is 3.80. The van der Waals surface area contributed by atoms with Crippen molar-refractivity contribution in [1.29, 1.82) is 0 Å². The van der Waals surface area contributed by atoms with Gasteiger partial charge in [-0.25, -0.2) is 0 Å². The third kappa shape index (κ3) is 3.98. The molecule has 1 saturated carbocycles. The minimum absolute atomic E-state index is 0.733. The smallest absolute Gasteiger partial charge is 0.0247 e. The maximum Gasteiger partial charge on any atom is 0.0247 e. The van der Waals surface area contributed by atoms with Gasteiger partial charge in [-0.2, -0.15) is 0 Å². The molecule has 0 amide bonds. The Morgan fingerprint density at radius 3 is 2.65 bits per heavy atom. The molecule has 0 radical (unpaired) electrons. The van der Waals surface area contributed by atoms with Gasteiger partial charge in [-0.15, -0.1) is 0 Å². The second kappa shape index (κ2) is 7.79. The molecule has 2 nitrogen and oxygen atoms in total. The minimum atomic E-state index is 0.733. The Bertz CT molecular complexity index is 277. The van der Waals surface area contributed by atoms with Crippen LogP contribution >= 0.6 is 0 Å². The lowest BCUT2D eigenvalue weighted by atomic mass is 9.81. The van der Waals surface area contributed by atoms with Gasteiger partial charge in [-0.05, 0) is 31.1 Å². The summed E-state index contributed by atoms with van der Waals surface area (Å²) in [5.41, 5.74) is 0. The van der Waals surface area contributed by atoms with Gasteiger partial charge >= 0.3 is 0 Å². The van der Waals surface area contributed by atoms with Gasteiger partial charge in [0.25, 0.3) is 0 Å². The van der Waals surface area contributed by atoms with Crippen LogP contribution in [0, 0.1) is 11.8 Å². The highest BCUT2D eigenvalue weighted by atomic mass is 15.3. The second-order valence-corrected chi connectivity index (χ2v) is 7.50. The largest absolute Gasteiger partial charge is 0.311 e. The fourth-order valence-corrected chi connectivity index (χ4v) is 4.37. The van der Waals surface area contributed by atoms with Crippen molar-refractivity contribution >= 4 is 0 Å². The third-order valence-corrected chi connectivity index (χ3v) is 5.68. The molecule has 0 bridgehead atoms. The van der Waals surface area contributed by atoms with E-state index in [4.69, 9.17) is 0 Å². The highest BCUT2D eigenvalue weighted by molar-refractivity contribution is 4.93. The Labute approximate surface area is 126 Å². The van der Waals surface area contributed by atoms with Gasteiger partial charge in [-0.3, -0.25) is 4.90 Å². The van der Waals surface area contributed by atoms with E-state index in [1.807, 2.05) is 0 Å². The van der Waals surface area contributed by atoms with Gasteiger partial charge in [0.1, 0.15) is 0 Å². The van der Waals surface area contributed by atoms with E-state index in [1.165, 1.54) is 58.0 Å². The summed E-state index contributed by atoms with van der Waals surface area (Å²) in [6.07, 6.45) is 9.86. The van der Waals surface area contributed by atoms with Crippen LogP contribution in [0.25, 0.3) is 0 Å². The van der Waals surface area contributed by atoms with Crippen LogP contribution in [-0.4, -0.2) is 36.1 Å².